The minimum atomic E-state index is 0.640. The lowest BCUT2D eigenvalue weighted by molar-refractivity contribution is 0.171. The van der Waals surface area contributed by atoms with E-state index in [1.165, 1.54) is 14.7 Å². The van der Waals surface area contributed by atoms with Gasteiger partial charge < -0.3 is 14.8 Å². The minimum absolute atomic E-state index is 0.640. The van der Waals surface area contributed by atoms with E-state index >= 15 is 0 Å². The van der Waals surface area contributed by atoms with Crippen LogP contribution in [-0.2, 0) is 13.0 Å². The third-order valence-electron chi connectivity index (χ3n) is 3.44. The Labute approximate surface area is 138 Å². The van der Waals surface area contributed by atoms with E-state index in [2.05, 4.69) is 64.3 Å². The van der Waals surface area contributed by atoms with E-state index in [4.69, 9.17) is 9.47 Å². The second-order valence-electron chi connectivity index (χ2n) is 5.03. The Morgan fingerprint density at radius 2 is 1.62 bits per heavy atom. The molecule has 0 aliphatic carbocycles. The first kappa shape index (κ1) is 14.7. The van der Waals surface area contributed by atoms with Gasteiger partial charge in [0.25, 0.3) is 0 Å². The van der Waals surface area contributed by atoms with Gasteiger partial charge in [0.05, 0.1) is 0 Å². The predicted molar refractivity (Wildman–Crippen MR) is 92.0 cm³/mol. The highest BCUT2D eigenvalue weighted by Crippen LogP contribution is 2.30. The van der Waals surface area contributed by atoms with E-state index < -0.39 is 0 Å². The Morgan fingerprint density at radius 3 is 2.43 bits per heavy atom. The van der Waals surface area contributed by atoms with Crippen LogP contribution in [0.1, 0.15) is 11.1 Å². The first-order valence-electron chi connectivity index (χ1n) is 7.15. The molecule has 0 bridgehead atoms. The average molecular weight is 395 g/mol. The van der Waals surface area contributed by atoms with Crippen molar-refractivity contribution in [3.8, 4) is 11.5 Å². The molecule has 0 atom stereocenters. The molecule has 3 rings (SSSR count). The smallest absolute Gasteiger partial charge is 0.161 e. The van der Waals surface area contributed by atoms with Crippen LogP contribution < -0.4 is 14.8 Å². The second kappa shape index (κ2) is 7.13. The molecule has 3 nitrogen and oxygen atoms in total. The lowest BCUT2D eigenvalue weighted by Gasteiger charge is -2.18. The van der Waals surface area contributed by atoms with E-state index in [9.17, 15) is 0 Å². The van der Waals surface area contributed by atoms with Gasteiger partial charge in [0.1, 0.15) is 13.2 Å². The molecule has 2 aromatic carbocycles. The third-order valence-corrected chi connectivity index (χ3v) is 4.16. The molecule has 0 radical (unpaired) electrons. The fraction of sp³-hybridized carbons (Fsp3) is 0.294. The number of halogens is 1. The Hall–Kier alpha value is -1.27. The van der Waals surface area contributed by atoms with Gasteiger partial charge in [0.2, 0.25) is 0 Å². The van der Waals surface area contributed by atoms with Crippen LogP contribution in [0.3, 0.4) is 0 Å². The average Bonchev–Trinajstić information content (AvgIpc) is 2.53. The topological polar surface area (TPSA) is 30.5 Å². The molecule has 1 aliphatic heterocycles. The molecule has 0 aromatic heterocycles. The van der Waals surface area contributed by atoms with E-state index in [1.807, 2.05) is 6.07 Å². The largest absolute Gasteiger partial charge is 0.486 e. The van der Waals surface area contributed by atoms with E-state index in [-0.39, 0.29) is 0 Å². The number of fused-ring (bicyclic) bond motifs is 1. The molecule has 0 spiro atoms. The van der Waals surface area contributed by atoms with E-state index in [0.29, 0.717) is 13.2 Å². The van der Waals surface area contributed by atoms with Crippen LogP contribution in [0.2, 0.25) is 0 Å². The summed E-state index contributed by atoms with van der Waals surface area (Å²) in [6.45, 7) is 3.14. The summed E-state index contributed by atoms with van der Waals surface area (Å²) < 4.78 is 12.4. The zero-order valence-corrected chi connectivity index (χ0v) is 13.9. The Balaban J connectivity index is 1.48. The molecule has 4 heteroatoms. The molecule has 0 saturated heterocycles. The Bertz CT molecular complexity index is 598. The summed E-state index contributed by atoms with van der Waals surface area (Å²) >= 11 is 2.32. The van der Waals surface area contributed by atoms with Gasteiger partial charge in [-0.2, -0.15) is 0 Å². The van der Waals surface area contributed by atoms with Gasteiger partial charge in [0.15, 0.2) is 11.5 Å². The van der Waals surface area contributed by atoms with Crippen LogP contribution in [0.4, 0.5) is 0 Å². The fourth-order valence-electron chi connectivity index (χ4n) is 2.31. The van der Waals surface area contributed by atoms with E-state index in [1.54, 1.807) is 0 Å². The maximum Gasteiger partial charge on any atom is 0.161 e. The summed E-state index contributed by atoms with van der Waals surface area (Å²) in [4.78, 5) is 0. The molecule has 0 saturated carbocycles. The summed E-state index contributed by atoms with van der Waals surface area (Å²) in [5.74, 6) is 1.73. The van der Waals surface area contributed by atoms with Crippen molar-refractivity contribution >= 4 is 22.6 Å². The lowest BCUT2D eigenvalue weighted by Crippen LogP contribution is -2.17. The number of hydrogen-bond acceptors (Lipinski definition) is 3. The molecular formula is C17H18INO2. The van der Waals surface area contributed by atoms with Crippen molar-refractivity contribution < 1.29 is 9.47 Å². The molecule has 110 valence electrons. The van der Waals surface area contributed by atoms with Crippen molar-refractivity contribution in [2.24, 2.45) is 0 Å². The molecule has 1 aliphatic rings. The highest BCUT2D eigenvalue weighted by atomic mass is 127. The van der Waals surface area contributed by atoms with Crippen LogP contribution in [0.25, 0.3) is 0 Å². The van der Waals surface area contributed by atoms with Gasteiger partial charge in [-0.05, 0) is 70.9 Å². The molecular weight excluding hydrogens is 377 g/mol. The van der Waals surface area contributed by atoms with Gasteiger partial charge in [-0.3, -0.25) is 0 Å². The van der Waals surface area contributed by atoms with Gasteiger partial charge in [-0.25, -0.2) is 0 Å². The number of rotatable bonds is 5. The van der Waals surface area contributed by atoms with Gasteiger partial charge in [-0.1, -0.05) is 18.2 Å². The normalized spacial score (nSPS) is 13.2. The zero-order chi connectivity index (χ0) is 14.5. The maximum absolute atomic E-state index is 5.60. The van der Waals surface area contributed by atoms with Crippen molar-refractivity contribution in [1.29, 1.82) is 0 Å². The van der Waals surface area contributed by atoms with E-state index in [0.717, 1.165) is 31.0 Å². The van der Waals surface area contributed by atoms with Crippen molar-refractivity contribution in [2.45, 2.75) is 13.0 Å². The maximum atomic E-state index is 5.60. The van der Waals surface area contributed by atoms with Crippen molar-refractivity contribution in [3.63, 3.8) is 0 Å². The molecule has 1 heterocycles. The number of nitrogens with one attached hydrogen (secondary N) is 1. The molecule has 1 N–H and O–H groups in total. The van der Waals surface area contributed by atoms with Crippen molar-refractivity contribution in [2.75, 3.05) is 19.8 Å². The van der Waals surface area contributed by atoms with Crippen LogP contribution in [0, 0.1) is 3.57 Å². The minimum Gasteiger partial charge on any atom is -0.486 e. The lowest BCUT2D eigenvalue weighted by atomic mass is 10.1. The summed E-state index contributed by atoms with van der Waals surface area (Å²) in [6, 6.07) is 14.8. The first-order valence-corrected chi connectivity index (χ1v) is 8.23. The van der Waals surface area contributed by atoms with Crippen molar-refractivity contribution in [1.82, 2.24) is 5.32 Å². The van der Waals surface area contributed by atoms with Gasteiger partial charge in [0, 0.05) is 10.1 Å². The highest BCUT2D eigenvalue weighted by molar-refractivity contribution is 14.1. The first-order chi connectivity index (χ1) is 10.3. The Kier molecular flexibility index (Phi) is 4.98. The van der Waals surface area contributed by atoms with Crippen LogP contribution in [0.5, 0.6) is 11.5 Å². The molecule has 0 amide bonds. The molecule has 21 heavy (non-hydrogen) atoms. The summed E-state index contributed by atoms with van der Waals surface area (Å²) in [5, 5.41) is 3.48. The van der Waals surface area contributed by atoms with Gasteiger partial charge >= 0.3 is 0 Å². The zero-order valence-electron chi connectivity index (χ0n) is 11.8. The quantitative estimate of drug-likeness (QED) is 0.622. The SMILES string of the molecule is Ic1ccc(CNCCc2ccc3c(c2)OCCO3)cc1. The second-order valence-corrected chi connectivity index (χ2v) is 6.28. The monoisotopic (exact) mass is 395 g/mol. The fourth-order valence-corrected chi connectivity index (χ4v) is 2.67. The predicted octanol–water partition coefficient (Wildman–Crippen LogP) is 3.39. The number of hydrogen-bond donors (Lipinski definition) is 1. The van der Waals surface area contributed by atoms with Gasteiger partial charge in [-0.15, -0.1) is 0 Å². The standard InChI is InChI=1S/C17H18INO2/c18-15-4-1-14(2-5-15)12-19-8-7-13-3-6-16-17(11-13)21-10-9-20-16/h1-6,11,19H,7-10,12H2. The third kappa shape index (κ3) is 4.11. The number of ether oxygens (including phenoxy) is 2. The Morgan fingerprint density at radius 1 is 0.905 bits per heavy atom. The van der Waals surface area contributed by atoms with Crippen molar-refractivity contribution in [3.05, 3.63) is 57.2 Å². The highest BCUT2D eigenvalue weighted by Gasteiger charge is 2.11. The van der Waals surface area contributed by atoms with Crippen LogP contribution in [0.15, 0.2) is 42.5 Å². The summed E-state index contributed by atoms with van der Waals surface area (Å²) in [7, 11) is 0. The van der Waals surface area contributed by atoms with Crippen LogP contribution >= 0.6 is 22.6 Å². The van der Waals surface area contributed by atoms with Crippen LogP contribution in [-0.4, -0.2) is 19.8 Å². The molecule has 0 fully saturated rings. The molecule has 0 unspecified atom stereocenters. The summed E-state index contributed by atoms with van der Waals surface area (Å²) in [6.07, 6.45) is 0.987. The summed E-state index contributed by atoms with van der Waals surface area (Å²) in [5.41, 5.74) is 2.59. The molecule has 2 aromatic rings. The number of benzene rings is 2.